The highest BCUT2D eigenvalue weighted by atomic mass is 35.5. The summed E-state index contributed by atoms with van der Waals surface area (Å²) < 4.78 is 16.4. The molecule has 1 aliphatic heterocycles. The lowest BCUT2D eigenvalue weighted by Crippen LogP contribution is -3.27. The Morgan fingerprint density at radius 3 is 1.81 bits per heavy atom. The minimum atomic E-state index is 0.696. The van der Waals surface area contributed by atoms with E-state index in [1.54, 1.807) is 31.1 Å². The van der Waals surface area contributed by atoms with E-state index in [0.717, 1.165) is 61.4 Å². The van der Waals surface area contributed by atoms with E-state index in [-0.39, 0.29) is 0 Å². The molecular weight excluding hydrogens is 364 g/mol. The van der Waals surface area contributed by atoms with Gasteiger partial charge in [0.2, 0.25) is 0 Å². The Labute approximate surface area is 166 Å². The van der Waals surface area contributed by atoms with E-state index in [1.165, 1.54) is 5.56 Å². The normalized spacial score (nSPS) is 19.6. The average molecular weight is 393 g/mol. The van der Waals surface area contributed by atoms with Crippen LogP contribution in [0.5, 0.6) is 17.2 Å². The van der Waals surface area contributed by atoms with Crippen molar-refractivity contribution in [2.75, 3.05) is 47.5 Å². The first kappa shape index (κ1) is 19.8. The van der Waals surface area contributed by atoms with Crippen LogP contribution in [0, 0.1) is 0 Å². The van der Waals surface area contributed by atoms with E-state index in [9.17, 15) is 0 Å². The molecule has 0 atom stereocenters. The molecule has 0 unspecified atom stereocenters. The molecule has 0 radical (unpaired) electrons. The molecule has 0 bridgehead atoms. The molecule has 2 aromatic rings. The van der Waals surface area contributed by atoms with Crippen LogP contribution in [0.25, 0.3) is 0 Å². The number of methoxy groups -OCH3 is 3. The predicted octanol–water partition coefficient (Wildman–Crippen LogP) is 0.849. The van der Waals surface area contributed by atoms with Gasteiger partial charge in [0.05, 0.1) is 26.9 Å². The molecular formula is C21H29ClN2O3+2. The molecule has 6 heteroatoms. The van der Waals surface area contributed by atoms with Crippen LogP contribution in [0.4, 0.5) is 0 Å². The summed E-state index contributed by atoms with van der Waals surface area (Å²) in [4.78, 5) is 3.15. The summed E-state index contributed by atoms with van der Waals surface area (Å²) in [6.07, 6.45) is 0. The van der Waals surface area contributed by atoms with Crippen molar-refractivity contribution < 1.29 is 24.0 Å². The fourth-order valence-corrected chi connectivity index (χ4v) is 3.92. The van der Waals surface area contributed by atoms with Gasteiger partial charge in [-0.15, -0.1) is 0 Å². The maximum absolute atomic E-state index is 6.31. The van der Waals surface area contributed by atoms with Gasteiger partial charge < -0.3 is 24.0 Å². The quantitative estimate of drug-likeness (QED) is 0.733. The summed E-state index contributed by atoms with van der Waals surface area (Å²) in [5.74, 6) is 2.30. The number of hydrogen-bond donors (Lipinski definition) is 2. The van der Waals surface area contributed by atoms with Gasteiger partial charge in [0.15, 0.2) is 11.5 Å². The van der Waals surface area contributed by atoms with Gasteiger partial charge in [-0.05, 0) is 12.1 Å². The first-order valence-electron chi connectivity index (χ1n) is 9.34. The average Bonchev–Trinajstić information content (AvgIpc) is 2.70. The van der Waals surface area contributed by atoms with Crippen LogP contribution in [0.1, 0.15) is 11.1 Å². The van der Waals surface area contributed by atoms with Gasteiger partial charge in [0.25, 0.3) is 0 Å². The molecule has 1 saturated heterocycles. The topological polar surface area (TPSA) is 36.6 Å². The Balaban J connectivity index is 1.61. The number of nitrogens with one attached hydrogen (secondary N) is 2. The van der Waals surface area contributed by atoms with E-state index in [4.69, 9.17) is 25.8 Å². The zero-order valence-corrected chi connectivity index (χ0v) is 17.1. The summed E-state index contributed by atoms with van der Waals surface area (Å²) in [7, 11) is 5.01. The maximum atomic E-state index is 6.31. The van der Waals surface area contributed by atoms with E-state index < -0.39 is 0 Å². The van der Waals surface area contributed by atoms with Crippen molar-refractivity contribution in [3.05, 3.63) is 52.5 Å². The van der Waals surface area contributed by atoms with E-state index >= 15 is 0 Å². The Morgan fingerprint density at radius 1 is 0.741 bits per heavy atom. The van der Waals surface area contributed by atoms with Crippen molar-refractivity contribution >= 4 is 11.6 Å². The SMILES string of the molecule is COc1cc(OC)c(OC)cc1C[NH+]1CC[NH+](Cc2ccccc2Cl)CC1. The first-order chi connectivity index (χ1) is 13.1. The van der Waals surface area contributed by atoms with Crippen molar-refractivity contribution in [1.82, 2.24) is 0 Å². The second-order valence-electron chi connectivity index (χ2n) is 6.96. The third-order valence-electron chi connectivity index (χ3n) is 5.29. The molecule has 0 amide bonds. The highest BCUT2D eigenvalue weighted by Crippen LogP contribution is 2.34. The van der Waals surface area contributed by atoms with E-state index in [0.29, 0.717) is 5.75 Å². The lowest BCUT2D eigenvalue weighted by molar-refractivity contribution is -1.02. The first-order valence-corrected chi connectivity index (χ1v) is 9.71. The Kier molecular flexibility index (Phi) is 6.83. The summed E-state index contributed by atoms with van der Waals surface area (Å²) in [5, 5.41) is 0.870. The van der Waals surface area contributed by atoms with Crippen LogP contribution in [-0.2, 0) is 13.1 Å². The van der Waals surface area contributed by atoms with Gasteiger partial charge in [-0.25, -0.2) is 0 Å². The molecule has 146 valence electrons. The van der Waals surface area contributed by atoms with Crippen molar-refractivity contribution in [2.45, 2.75) is 13.1 Å². The minimum Gasteiger partial charge on any atom is -0.496 e. The highest BCUT2D eigenvalue weighted by molar-refractivity contribution is 6.31. The number of rotatable bonds is 7. The fourth-order valence-electron chi connectivity index (χ4n) is 3.72. The molecule has 0 aromatic heterocycles. The third kappa shape index (κ3) is 4.86. The van der Waals surface area contributed by atoms with Gasteiger partial charge in [-0.1, -0.05) is 29.8 Å². The number of quaternary nitrogens is 2. The molecule has 3 rings (SSSR count). The lowest BCUT2D eigenvalue weighted by atomic mass is 10.1. The zero-order valence-electron chi connectivity index (χ0n) is 16.3. The number of ether oxygens (including phenoxy) is 3. The van der Waals surface area contributed by atoms with Crippen LogP contribution in [0.2, 0.25) is 5.02 Å². The number of benzene rings is 2. The van der Waals surface area contributed by atoms with Crippen LogP contribution >= 0.6 is 11.6 Å². The molecule has 27 heavy (non-hydrogen) atoms. The second-order valence-corrected chi connectivity index (χ2v) is 7.37. The zero-order chi connectivity index (χ0) is 19.2. The van der Waals surface area contributed by atoms with E-state index in [1.807, 2.05) is 24.3 Å². The minimum absolute atomic E-state index is 0.696. The summed E-state index contributed by atoms with van der Waals surface area (Å²) in [6, 6.07) is 12.1. The predicted molar refractivity (Wildman–Crippen MR) is 106 cm³/mol. The number of halogens is 1. The monoisotopic (exact) mass is 392 g/mol. The molecule has 1 heterocycles. The van der Waals surface area contributed by atoms with Crippen LogP contribution < -0.4 is 24.0 Å². The van der Waals surface area contributed by atoms with Gasteiger partial charge in [-0.2, -0.15) is 0 Å². The molecule has 2 N–H and O–H groups in total. The van der Waals surface area contributed by atoms with Crippen molar-refractivity contribution in [3.8, 4) is 17.2 Å². The van der Waals surface area contributed by atoms with Gasteiger partial charge >= 0.3 is 0 Å². The van der Waals surface area contributed by atoms with Crippen molar-refractivity contribution in [1.29, 1.82) is 0 Å². The number of piperazine rings is 1. The lowest BCUT2D eigenvalue weighted by Gasteiger charge is -2.30. The summed E-state index contributed by atoms with van der Waals surface area (Å²) >= 11 is 6.31. The largest absolute Gasteiger partial charge is 0.496 e. The Hall–Kier alpha value is -1.95. The third-order valence-corrected chi connectivity index (χ3v) is 5.66. The fraction of sp³-hybridized carbons (Fsp3) is 0.429. The van der Waals surface area contributed by atoms with Crippen molar-refractivity contribution in [3.63, 3.8) is 0 Å². The van der Waals surface area contributed by atoms with Gasteiger partial charge in [0.1, 0.15) is 45.0 Å². The van der Waals surface area contributed by atoms with Crippen molar-refractivity contribution in [2.24, 2.45) is 0 Å². The second kappa shape index (κ2) is 9.31. The highest BCUT2D eigenvalue weighted by Gasteiger charge is 2.25. The van der Waals surface area contributed by atoms with Crippen LogP contribution in [0.15, 0.2) is 36.4 Å². The maximum Gasteiger partial charge on any atom is 0.164 e. The number of hydrogen-bond acceptors (Lipinski definition) is 3. The molecule has 0 spiro atoms. The smallest absolute Gasteiger partial charge is 0.164 e. The summed E-state index contributed by atoms with van der Waals surface area (Å²) in [6.45, 7) is 6.43. The molecule has 1 fully saturated rings. The molecule has 5 nitrogen and oxygen atoms in total. The molecule has 1 aliphatic rings. The van der Waals surface area contributed by atoms with Crippen LogP contribution in [-0.4, -0.2) is 47.5 Å². The van der Waals surface area contributed by atoms with Gasteiger partial charge in [0, 0.05) is 16.7 Å². The Morgan fingerprint density at radius 2 is 1.26 bits per heavy atom. The van der Waals surface area contributed by atoms with E-state index in [2.05, 4.69) is 12.1 Å². The molecule has 0 aliphatic carbocycles. The van der Waals surface area contributed by atoms with Crippen LogP contribution in [0.3, 0.4) is 0 Å². The summed E-state index contributed by atoms with van der Waals surface area (Å²) in [5.41, 5.74) is 2.39. The molecule has 0 saturated carbocycles. The standard InChI is InChI=1S/C21H27ClN2O3/c1-25-19-13-21(27-3)20(26-2)12-17(19)15-24-10-8-23(9-11-24)14-16-6-4-5-7-18(16)22/h4-7,12-13H,8-11,14-15H2,1-3H3/p+2. The molecule has 2 aromatic carbocycles. The Bertz CT molecular complexity index is 761. The van der Waals surface area contributed by atoms with Gasteiger partial charge in [-0.3, -0.25) is 0 Å².